The van der Waals surface area contributed by atoms with Gasteiger partial charge in [-0.1, -0.05) is 32.0 Å². The topological polar surface area (TPSA) is 29.3 Å². The third-order valence-electron chi connectivity index (χ3n) is 3.42. The summed E-state index contributed by atoms with van der Waals surface area (Å²) in [6.45, 7) is 8.45. The van der Waals surface area contributed by atoms with Crippen LogP contribution in [0.4, 0.5) is 5.69 Å². The van der Waals surface area contributed by atoms with E-state index in [2.05, 4.69) is 49.9 Å². The molecule has 0 heterocycles. The molecule has 0 aliphatic rings. The highest BCUT2D eigenvalue weighted by Gasteiger charge is 2.23. The van der Waals surface area contributed by atoms with E-state index in [1.54, 1.807) is 0 Å². The number of hydrogen-bond donors (Lipinski definition) is 1. The Labute approximate surface area is 99.5 Å². The molecular formula is C14H24N2. The second-order valence-electron chi connectivity index (χ2n) is 4.42. The Morgan fingerprint density at radius 2 is 1.62 bits per heavy atom. The molecule has 0 spiro atoms. The Morgan fingerprint density at radius 1 is 1.06 bits per heavy atom. The van der Waals surface area contributed by atoms with Crippen LogP contribution in [0, 0.1) is 0 Å². The van der Waals surface area contributed by atoms with Crippen molar-refractivity contribution >= 4 is 5.69 Å². The molecule has 0 unspecified atom stereocenters. The zero-order chi connectivity index (χ0) is 12.0. The van der Waals surface area contributed by atoms with Gasteiger partial charge in [0.1, 0.15) is 0 Å². The second kappa shape index (κ2) is 5.90. The standard InChI is InChI=1S/C14H24N2/c1-4-14(15,5-2)12-16(6-3)13-10-8-7-9-11-13/h7-11H,4-6,12,15H2,1-3H3. The van der Waals surface area contributed by atoms with Gasteiger partial charge in [-0.05, 0) is 31.9 Å². The fraction of sp³-hybridized carbons (Fsp3) is 0.571. The van der Waals surface area contributed by atoms with Crippen LogP contribution in [0.5, 0.6) is 0 Å². The molecule has 0 saturated heterocycles. The normalized spacial score (nSPS) is 11.5. The minimum atomic E-state index is -0.0636. The number of hydrogen-bond acceptors (Lipinski definition) is 2. The van der Waals surface area contributed by atoms with Crippen molar-refractivity contribution in [2.24, 2.45) is 5.73 Å². The smallest absolute Gasteiger partial charge is 0.0366 e. The second-order valence-corrected chi connectivity index (χ2v) is 4.42. The van der Waals surface area contributed by atoms with E-state index < -0.39 is 0 Å². The molecule has 2 nitrogen and oxygen atoms in total. The monoisotopic (exact) mass is 220 g/mol. The van der Waals surface area contributed by atoms with E-state index in [4.69, 9.17) is 5.73 Å². The summed E-state index contributed by atoms with van der Waals surface area (Å²) in [7, 11) is 0. The first-order valence-electron chi connectivity index (χ1n) is 6.24. The zero-order valence-electron chi connectivity index (χ0n) is 10.7. The number of benzene rings is 1. The number of nitrogens with zero attached hydrogens (tertiary/aromatic N) is 1. The summed E-state index contributed by atoms with van der Waals surface area (Å²) in [5.74, 6) is 0. The van der Waals surface area contributed by atoms with Gasteiger partial charge in [-0.15, -0.1) is 0 Å². The number of para-hydroxylation sites is 1. The molecule has 2 heteroatoms. The van der Waals surface area contributed by atoms with Crippen molar-refractivity contribution in [1.29, 1.82) is 0 Å². The summed E-state index contributed by atoms with van der Waals surface area (Å²) in [6, 6.07) is 10.5. The highest BCUT2D eigenvalue weighted by molar-refractivity contribution is 5.46. The molecule has 0 fully saturated rings. The quantitative estimate of drug-likeness (QED) is 0.798. The lowest BCUT2D eigenvalue weighted by Gasteiger charge is -2.34. The van der Waals surface area contributed by atoms with Crippen LogP contribution < -0.4 is 10.6 Å². The molecule has 1 aromatic carbocycles. The minimum Gasteiger partial charge on any atom is -0.370 e. The van der Waals surface area contributed by atoms with E-state index in [0.29, 0.717) is 0 Å². The Hall–Kier alpha value is -1.02. The van der Waals surface area contributed by atoms with Gasteiger partial charge in [0.05, 0.1) is 0 Å². The molecule has 0 amide bonds. The van der Waals surface area contributed by atoms with E-state index in [-0.39, 0.29) is 5.54 Å². The molecule has 0 radical (unpaired) electrons. The lowest BCUT2D eigenvalue weighted by atomic mass is 9.93. The van der Waals surface area contributed by atoms with Crippen molar-refractivity contribution < 1.29 is 0 Å². The zero-order valence-corrected chi connectivity index (χ0v) is 10.7. The van der Waals surface area contributed by atoms with E-state index in [9.17, 15) is 0 Å². The molecule has 0 saturated carbocycles. The fourth-order valence-corrected chi connectivity index (χ4v) is 1.88. The maximum atomic E-state index is 6.37. The van der Waals surface area contributed by atoms with Crippen LogP contribution in [-0.4, -0.2) is 18.6 Å². The SMILES string of the molecule is CCN(CC(N)(CC)CC)c1ccccc1. The molecule has 16 heavy (non-hydrogen) atoms. The van der Waals surface area contributed by atoms with E-state index in [0.717, 1.165) is 25.9 Å². The van der Waals surface area contributed by atoms with Crippen molar-refractivity contribution in [2.45, 2.75) is 39.2 Å². The van der Waals surface area contributed by atoms with E-state index >= 15 is 0 Å². The predicted molar refractivity (Wildman–Crippen MR) is 71.8 cm³/mol. The van der Waals surface area contributed by atoms with Gasteiger partial charge in [-0.2, -0.15) is 0 Å². The third kappa shape index (κ3) is 3.24. The van der Waals surface area contributed by atoms with Crippen molar-refractivity contribution in [3.8, 4) is 0 Å². The van der Waals surface area contributed by atoms with Crippen LogP contribution in [0.1, 0.15) is 33.6 Å². The summed E-state index contributed by atoms with van der Waals surface area (Å²) in [6.07, 6.45) is 2.04. The highest BCUT2D eigenvalue weighted by atomic mass is 15.1. The molecule has 0 bridgehead atoms. The molecule has 0 atom stereocenters. The summed E-state index contributed by atoms with van der Waals surface area (Å²) < 4.78 is 0. The lowest BCUT2D eigenvalue weighted by molar-refractivity contribution is 0.395. The van der Waals surface area contributed by atoms with Crippen LogP contribution in [-0.2, 0) is 0 Å². The number of nitrogens with two attached hydrogens (primary N) is 1. The van der Waals surface area contributed by atoms with Crippen LogP contribution in [0.15, 0.2) is 30.3 Å². The van der Waals surface area contributed by atoms with Gasteiger partial charge in [0.15, 0.2) is 0 Å². The van der Waals surface area contributed by atoms with Crippen molar-refractivity contribution in [3.63, 3.8) is 0 Å². The van der Waals surface area contributed by atoms with Crippen molar-refractivity contribution in [3.05, 3.63) is 30.3 Å². The molecule has 0 aromatic heterocycles. The number of rotatable bonds is 6. The van der Waals surface area contributed by atoms with E-state index in [1.165, 1.54) is 5.69 Å². The van der Waals surface area contributed by atoms with Gasteiger partial charge < -0.3 is 10.6 Å². The average Bonchev–Trinajstić information content (AvgIpc) is 2.36. The average molecular weight is 220 g/mol. The van der Waals surface area contributed by atoms with Crippen molar-refractivity contribution in [2.75, 3.05) is 18.0 Å². The van der Waals surface area contributed by atoms with Gasteiger partial charge in [0.25, 0.3) is 0 Å². The molecule has 0 aliphatic carbocycles. The minimum absolute atomic E-state index is 0.0636. The molecule has 0 aliphatic heterocycles. The third-order valence-corrected chi connectivity index (χ3v) is 3.42. The van der Waals surface area contributed by atoms with Crippen LogP contribution in [0.2, 0.25) is 0 Å². The molecule has 1 rings (SSSR count). The summed E-state index contributed by atoms with van der Waals surface area (Å²) in [5, 5.41) is 0. The highest BCUT2D eigenvalue weighted by Crippen LogP contribution is 2.19. The van der Waals surface area contributed by atoms with Crippen molar-refractivity contribution in [1.82, 2.24) is 0 Å². The molecule has 1 aromatic rings. The first-order chi connectivity index (χ1) is 7.65. The van der Waals surface area contributed by atoms with Gasteiger partial charge in [-0.3, -0.25) is 0 Å². The van der Waals surface area contributed by atoms with Crippen LogP contribution in [0.3, 0.4) is 0 Å². The summed E-state index contributed by atoms with van der Waals surface area (Å²) >= 11 is 0. The first kappa shape index (κ1) is 13.0. The summed E-state index contributed by atoms with van der Waals surface area (Å²) in [5.41, 5.74) is 7.57. The van der Waals surface area contributed by atoms with Crippen LogP contribution >= 0.6 is 0 Å². The first-order valence-corrected chi connectivity index (χ1v) is 6.24. The molecular weight excluding hydrogens is 196 g/mol. The molecule has 2 N–H and O–H groups in total. The van der Waals surface area contributed by atoms with Gasteiger partial charge in [0.2, 0.25) is 0 Å². The van der Waals surface area contributed by atoms with E-state index in [1.807, 2.05) is 6.07 Å². The maximum absolute atomic E-state index is 6.37. The largest absolute Gasteiger partial charge is 0.370 e. The Morgan fingerprint density at radius 3 is 2.06 bits per heavy atom. The van der Waals surface area contributed by atoms with Crippen LogP contribution in [0.25, 0.3) is 0 Å². The number of likely N-dealkylation sites (N-methyl/N-ethyl adjacent to an activating group) is 1. The summed E-state index contributed by atoms with van der Waals surface area (Å²) in [4.78, 5) is 2.35. The van der Waals surface area contributed by atoms with Gasteiger partial charge in [0, 0.05) is 24.3 Å². The lowest BCUT2D eigenvalue weighted by Crippen LogP contribution is -2.49. The molecule has 90 valence electrons. The number of anilines is 1. The maximum Gasteiger partial charge on any atom is 0.0366 e. The Kier molecular flexibility index (Phi) is 4.81. The Bertz CT molecular complexity index is 291. The fourth-order valence-electron chi connectivity index (χ4n) is 1.88. The van der Waals surface area contributed by atoms with Gasteiger partial charge in [-0.25, -0.2) is 0 Å². The van der Waals surface area contributed by atoms with Gasteiger partial charge >= 0.3 is 0 Å². The Balaban J connectivity index is 2.77. The predicted octanol–water partition coefficient (Wildman–Crippen LogP) is 3.03.